The Bertz CT molecular complexity index is 739. The number of nitrogens with zero attached hydrogens (tertiary/aromatic N) is 2. The van der Waals surface area contributed by atoms with Crippen LogP contribution in [0.15, 0.2) is 54.2 Å². The summed E-state index contributed by atoms with van der Waals surface area (Å²) < 4.78 is 2.13. The molecule has 3 heteroatoms. The zero-order chi connectivity index (χ0) is 13.9. The predicted octanol–water partition coefficient (Wildman–Crippen LogP) is 3.72. The first kappa shape index (κ1) is 12.9. The third-order valence-electron chi connectivity index (χ3n) is 3.26. The number of benzene rings is 1. The molecular weight excluding hydrogens is 264 g/mol. The van der Waals surface area contributed by atoms with Crippen molar-refractivity contribution in [1.82, 2.24) is 0 Å². The van der Waals surface area contributed by atoms with Crippen LogP contribution in [0.4, 0.5) is 5.69 Å². The fraction of sp³-hybridized carbons (Fsp3) is 0.118. The molecule has 0 aliphatic rings. The van der Waals surface area contributed by atoms with Crippen molar-refractivity contribution in [3.05, 3.63) is 65.3 Å². The largest absolute Gasteiger partial charge is 0.378 e. The maximum atomic E-state index is 2.20. The van der Waals surface area contributed by atoms with Gasteiger partial charge in [0.15, 0.2) is 12.4 Å². The van der Waals surface area contributed by atoms with Crippen LogP contribution in [0.25, 0.3) is 17.0 Å². The SMILES string of the molecule is CN(C)c1ccc(C=Cc2cc[n+]3ccsc3c2)cc1. The van der Waals surface area contributed by atoms with Gasteiger partial charge in [-0.1, -0.05) is 35.6 Å². The van der Waals surface area contributed by atoms with Crippen molar-refractivity contribution in [2.45, 2.75) is 0 Å². The van der Waals surface area contributed by atoms with Crippen LogP contribution >= 0.6 is 11.3 Å². The van der Waals surface area contributed by atoms with E-state index in [1.54, 1.807) is 11.3 Å². The normalized spacial score (nSPS) is 11.3. The summed E-state index contributed by atoms with van der Waals surface area (Å²) in [4.78, 5) is 3.37. The van der Waals surface area contributed by atoms with Crippen molar-refractivity contribution >= 4 is 34.0 Å². The van der Waals surface area contributed by atoms with Gasteiger partial charge in [0.2, 0.25) is 0 Å². The average molecular weight is 281 g/mol. The molecule has 0 N–H and O–H groups in total. The quantitative estimate of drug-likeness (QED) is 0.664. The molecule has 0 amide bonds. The summed E-state index contributed by atoms with van der Waals surface area (Å²) in [7, 11) is 4.11. The van der Waals surface area contributed by atoms with Crippen molar-refractivity contribution < 1.29 is 4.40 Å². The lowest BCUT2D eigenvalue weighted by molar-refractivity contribution is -0.507. The van der Waals surface area contributed by atoms with Gasteiger partial charge >= 0.3 is 0 Å². The second-order valence-electron chi connectivity index (χ2n) is 4.93. The van der Waals surface area contributed by atoms with E-state index in [1.807, 2.05) is 0 Å². The van der Waals surface area contributed by atoms with Gasteiger partial charge < -0.3 is 4.90 Å². The number of aromatic nitrogens is 1. The Morgan fingerprint density at radius 1 is 0.950 bits per heavy atom. The van der Waals surface area contributed by atoms with E-state index in [0.29, 0.717) is 0 Å². The lowest BCUT2D eigenvalue weighted by Crippen LogP contribution is -2.15. The average Bonchev–Trinajstić information content (AvgIpc) is 2.93. The Balaban J connectivity index is 1.82. The highest BCUT2D eigenvalue weighted by Crippen LogP contribution is 2.15. The number of anilines is 1. The molecule has 0 atom stereocenters. The van der Waals surface area contributed by atoms with Crippen molar-refractivity contribution in [2.24, 2.45) is 0 Å². The first-order valence-corrected chi connectivity index (χ1v) is 7.44. The first-order chi connectivity index (χ1) is 9.72. The van der Waals surface area contributed by atoms with Gasteiger partial charge in [-0.2, -0.15) is 4.40 Å². The van der Waals surface area contributed by atoms with Crippen LogP contribution < -0.4 is 9.30 Å². The molecule has 0 saturated carbocycles. The molecule has 3 aromatic rings. The number of hydrogen-bond donors (Lipinski definition) is 0. The van der Waals surface area contributed by atoms with Crippen molar-refractivity contribution in [3.63, 3.8) is 0 Å². The van der Waals surface area contributed by atoms with E-state index < -0.39 is 0 Å². The number of hydrogen-bond acceptors (Lipinski definition) is 2. The maximum Gasteiger partial charge on any atom is 0.267 e. The molecule has 1 aromatic carbocycles. The van der Waals surface area contributed by atoms with Crippen LogP contribution in [-0.4, -0.2) is 14.1 Å². The summed E-state index contributed by atoms with van der Waals surface area (Å²) >= 11 is 1.75. The molecule has 0 bridgehead atoms. The van der Waals surface area contributed by atoms with Crippen molar-refractivity contribution in [1.29, 1.82) is 0 Å². The molecule has 100 valence electrons. The van der Waals surface area contributed by atoms with E-state index in [9.17, 15) is 0 Å². The lowest BCUT2D eigenvalue weighted by Gasteiger charge is -2.11. The van der Waals surface area contributed by atoms with Gasteiger partial charge in [-0.15, -0.1) is 0 Å². The summed E-state index contributed by atoms with van der Waals surface area (Å²) in [6, 6.07) is 12.9. The zero-order valence-corrected chi connectivity index (χ0v) is 12.5. The molecule has 0 aliphatic heterocycles. The minimum atomic E-state index is 1.22. The summed E-state index contributed by atoms with van der Waals surface area (Å²) in [6.07, 6.45) is 8.48. The third kappa shape index (κ3) is 2.73. The summed E-state index contributed by atoms with van der Waals surface area (Å²) in [6.45, 7) is 0. The Morgan fingerprint density at radius 2 is 1.70 bits per heavy atom. The summed E-state index contributed by atoms with van der Waals surface area (Å²) in [5.41, 5.74) is 3.66. The highest BCUT2D eigenvalue weighted by atomic mass is 32.1. The maximum absolute atomic E-state index is 2.20. The Hall–Kier alpha value is -2.13. The highest BCUT2D eigenvalue weighted by molar-refractivity contribution is 7.14. The van der Waals surface area contributed by atoms with Gasteiger partial charge in [0.05, 0.1) is 5.38 Å². The van der Waals surface area contributed by atoms with Crippen molar-refractivity contribution in [2.75, 3.05) is 19.0 Å². The Morgan fingerprint density at radius 3 is 2.45 bits per heavy atom. The predicted molar refractivity (Wildman–Crippen MR) is 87.2 cm³/mol. The molecule has 2 aromatic heterocycles. The number of pyridine rings is 1. The van der Waals surface area contributed by atoms with Crippen LogP contribution in [0, 0.1) is 0 Å². The summed E-state index contributed by atoms with van der Waals surface area (Å²) in [5.74, 6) is 0. The summed E-state index contributed by atoms with van der Waals surface area (Å²) in [5, 5.41) is 2.10. The molecule has 0 spiro atoms. The van der Waals surface area contributed by atoms with Crippen LogP contribution in [0.5, 0.6) is 0 Å². The standard InChI is InChI=1S/C17H17N2S/c1-18(2)16-7-5-14(6-8-16)3-4-15-9-10-19-11-12-20-17(19)13-15/h3-13H,1-2H3/q+1. The van der Waals surface area contributed by atoms with E-state index in [0.717, 1.165) is 0 Å². The minimum absolute atomic E-state index is 1.22. The topological polar surface area (TPSA) is 7.34 Å². The van der Waals surface area contributed by atoms with Gasteiger partial charge in [0.25, 0.3) is 4.83 Å². The zero-order valence-electron chi connectivity index (χ0n) is 11.7. The van der Waals surface area contributed by atoms with Crippen LogP contribution in [-0.2, 0) is 0 Å². The smallest absolute Gasteiger partial charge is 0.267 e. The Labute approximate surface area is 123 Å². The van der Waals surface area contributed by atoms with E-state index >= 15 is 0 Å². The second kappa shape index (κ2) is 5.47. The molecule has 20 heavy (non-hydrogen) atoms. The van der Waals surface area contributed by atoms with Crippen LogP contribution in [0.1, 0.15) is 11.1 Å². The molecule has 3 rings (SSSR count). The fourth-order valence-electron chi connectivity index (χ4n) is 2.07. The molecule has 0 fully saturated rings. The molecule has 0 unspecified atom stereocenters. The van der Waals surface area contributed by atoms with Gasteiger partial charge in [0.1, 0.15) is 0 Å². The van der Waals surface area contributed by atoms with E-state index in [2.05, 4.69) is 89.7 Å². The number of rotatable bonds is 3. The van der Waals surface area contributed by atoms with E-state index in [1.165, 1.54) is 21.6 Å². The van der Waals surface area contributed by atoms with Gasteiger partial charge in [-0.25, -0.2) is 0 Å². The highest BCUT2D eigenvalue weighted by Gasteiger charge is 2.02. The van der Waals surface area contributed by atoms with Crippen LogP contribution in [0.3, 0.4) is 0 Å². The first-order valence-electron chi connectivity index (χ1n) is 6.56. The van der Waals surface area contributed by atoms with Crippen molar-refractivity contribution in [3.8, 4) is 0 Å². The molecule has 0 saturated heterocycles. The monoisotopic (exact) mass is 281 g/mol. The van der Waals surface area contributed by atoms with Gasteiger partial charge in [-0.3, -0.25) is 0 Å². The number of fused-ring (bicyclic) bond motifs is 1. The molecule has 0 radical (unpaired) electrons. The van der Waals surface area contributed by atoms with Gasteiger partial charge in [0, 0.05) is 31.9 Å². The minimum Gasteiger partial charge on any atom is -0.378 e. The second-order valence-corrected chi connectivity index (χ2v) is 5.85. The lowest BCUT2D eigenvalue weighted by atomic mass is 10.1. The van der Waals surface area contributed by atoms with Gasteiger partial charge in [-0.05, 0) is 23.3 Å². The fourth-order valence-corrected chi connectivity index (χ4v) is 2.85. The third-order valence-corrected chi connectivity index (χ3v) is 4.09. The molecule has 2 nitrogen and oxygen atoms in total. The molecule has 0 aliphatic carbocycles. The van der Waals surface area contributed by atoms with Crippen LogP contribution in [0.2, 0.25) is 0 Å². The Kier molecular flexibility index (Phi) is 3.52. The van der Waals surface area contributed by atoms with E-state index in [4.69, 9.17) is 0 Å². The molecular formula is C17H17N2S+. The van der Waals surface area contributed by atoms with E-state index in [-0.39, 0.29) is 0 Å². The number of thiazole rings is 1. The molecule has 2 heterocycles.